The predicted molar refractivity (Wildman–Crippen MR) is 69.3 cm³/mol. The number of aromatic nitrogens is 2. The van der Waals surface area contributed by atoms with Gasteiger partial charge in [-0.3, -0.25) is 9.59 Å². The molecule has 2 heterocycles. The summed E-state index contributed by atoms with van der Waals surface area (Å²) in [6.07, 6.45) is 4.30. The van der Waals surface area contributed by atoms with Crippen LogP contribution >= 0.6 is 23.2 Å². The van der Waals surface area contributed by atoms with Crippen LogP contribution in [-0.2, 0) is 0 Å². The van der Waals surface area contributed by atoms with E-state index in [-0.39, 0.29) is 0 Å². The van der Waals surface area contributed by atoms with Crippen LogP contribution in [0.15, 0.2) is 36.7 Å². The Morgan fingerprint density at radius 2 is 1.17 bits per heavy atom. The van der Waals surface area contributed by atoms with Gasteiger partial charge in [-0.25, -0.2) is 9.97 Å². The second-order valence-electron chi connectivity index (χ2n) is 3.06. The average molecular weight is 283 g/mol. The summed E-state index contributed by atoms with van der Waals surface area (Å²) in [6, 6.07) is 6.38. The Bertz CT molecular complexity index is 463. The van der Waals surface area contributed by atoms with Gasteiger partial charge < -0.3 is 0 Å². The molecule has 0 amide bonds. The summed E-state index contributed by atoms with van der Waals surface area (Å²) in [4.78, 5) is 27.4. The quantitative estimate of drug-likeness (QED) is 0.627. The predicted octanol–water partition coefficient (Wildman–Crippen LogP) is 3.10. The van der Waals surface area contributed by atoms with Gasteiger partial charge in [-0.1, -0.05) is 23.2 Å². The molecule has 0 fully saturated rings. The van der Waals surface area contributed by atoms with E-state index in [1.54, 1.807) is 24.3 Å². The zero-order chi connectivity index (χ0) is 13.4. The highest BCUT2D eigenvalue weighted by molar-refractivity contribution is 6.29. The molecule has 0 spiro atoms. The Labute approximate surface area is 114 Å². The number of hydrogen-bond donors (Lipinski definition) is 0. The van der Waals surface area contributed by atoms with Crippen molar-refractivity contribution >= 4 is 35.8 Å². The van der Waals surface area contributed by atoms with E-state index in [0.717, 1.165) is 12.6 Å². The van der Waals surface area contributed by atoms with E-state index in [1.165, 1.54) is 12.4 Å². The summed E-state index contributed by atoms with van der Waals surface area (Å²) >= 11 is 10.9. The van der Waals surface area contributed by atoms with Crippen LogP contribution in [0.2, 0.25) is 10.3 Å². The van der Waals surface area contributed by atoms with Crippen molar-refractivity contribution in [3.63, 3.8) is 0 Å². The minimum atomic E-state index is 0.403. The SMILES string of the molecule is O=Cc1ccc(Cl)nc1.O=Cc1ccc(Cl)nc1. The normalized spacial score (nSPS) is 9.00. The van der Waals surface area contributed by atoms with Gasteiger partial charge in [-0.2, -0.15) is 0 Å². The monoisotopic (exact) mass is 282 g/mol. The Kier molecular flexibility index (Phi) is 5.97. The van der Waals surface area contributed by atoms with Crippen molar-refractivity contribution in [2.24, 2.45) is 0 Å². The first kappa shape index (κ1) is 14.3. The number of rotatable bonds is 2. The van der Waals surface area contributed by atoms with E-state index in [0.29, 0.717) is 21.4 Å². The Hall–Kier alpha value is -1.78. The summed E-state index contributed by atoms with van der Waals surface area (Å²) in [6.45, 7) is 0. The molecule has 0 aliphatic carbocycles. The molecule has 0 unspecified atom stereocenters. The first-order chi connectivity index (χ1) is 8.65. The van der Waals surface area contributed by atoms with Gasteiger partial charge in [0.2, 0.25) is 0 Å². The van der Waals surface area contributed by atoms with Gasteiger partial charge in [0, 0.05) is 23.5 Å². The first-order valence-corrected chi connectivity index (χ1v) is 5.54. The Balaban J connectivity index is 0.000000180. The number of halogens is 2. The molecule has 2 aromatic heterocycles. The van der Waals surface area contributed by atoms with Crippen molar-refractivity contribution in [1.29, 1.82) is 0 Å². The van der Waals surface area contributed by atoms with Crippen LogP contribution in [0.3, 0.4) is 0 Å². The van der Waals surface area contributed by atoms with E-state index < -0.39 is 0 Å². The van der Waals surface area contributed by atoms with E-state index in [4.69, 9.17) is 23.2 Å². The summed E-state index contributed by atoms with van der Waals surface area (Å²) in [5, 5.41) is 0.807. The van der Waals surface area contributed by atoms with E-state index >= 15 is 0 Å². The number of nitrogens with zero attached hydrogens (tertiary/aromatic N) is 2. The van der Waals surface area contributed by atoms with Gasteiger partial charge in [0.05, 0.1) is 0 Å². The highest BCUT2D eigenvalue weighted by atomic mass is 35.5. The van der Waals surface area contributed by atoms with Crippen molar-refractivity contribution in [3.8, 4) is 0 Å². The number of carbonyl (C=O) groups is 2. The molecule has 0 aliphatic heterocycles. The maximum Gasteiger partial charge on any atom is 0.151 e. The maximum absolute atomic E-state index is 10.0. The Morgan fingerprint density at radius 1 is 0.778 bits per heavy atom. The van der Waals surface area contributed by atoms with Crippen molar-refractivity contribution in [3.05, 3.63) is 58.1 Å². The van der Waals surface area contributed by atoms with Crippen LogP contribution < -0.4 is 0 Å². The van der Waals surface area contributed by atoms with Crippen molar-refractivity contribution in [1.82, 2.24) is 9.97 Å². The fourth-order valence-electron chi connectivity index (χ4n) is 0.914. The van der Waals surface area contributed by atoms with Crippen LogP contribution in [0.4, 0.5) is 0 Å². The second kappa shape index (κ2) is 7.53. The molecule has 0 radical (unpaired) electrons. The standard InChI is InChI=1S/2C6H4ClNO/c2*7-6-2-1-5(4-9)3-8-6/h2*1-4H. The molecule has 0 saturated carbocycles. The zero-order valence-electron chi connectivity index (χ0n) is 9.09. The lowest BCUT2D eigenvalue weighted by molar-refractivity contribution is 0.111. The third-order valence-electron chi connectivity index (χ3n) is 1.77. The van der Waals surface area contributed by atoms with Crippen LogP contribution in [0, 0.1) is 0 Å². The fourth-order valence-corrected chi connectivity index (χ4v) is 1.14. The molecule has 6 heteroatoms. The van der Waals surface area contributed by atoms with Crippen LogP contribution in [0.25, 0.3) is 0 Å². The third-order valence-corrected chi connectivity index (χ3v) is 2.22. The van der Waals surface area contributed by atoms with Gasteiger partial charge in [-0.05, 0) is 24.3 Å². The first-order valence-electron chi connectivity index (χ1n) is 4.79. The summed E-state index contributed by atoms with van der Waals surface area (Å²) in [5.41, 5.74) is 1.08. The van der Waals surface area contributed by atoms with Crippen molar-refractivity contribution in [2.45, 2.75) is 0 Å². The lowest BCUT2D eigenvalue weighted by atomic mass is 10.3. The number of aldehydes is 2. The molecule has 92 valence electrons. The molecule has 2 rings (SSSR count). The average Bonchev–Trinajstić information content (AvgIpc) is 2.41. The number of carbonyl (C=O) groups excluding carboxylic acids is 2. The smallest absolute Gasteiger partial charge is 0.151 e. The highest BCUT2D eigenvalue weighted by Gasteiger charge is 1.88. The fraction of sp³-hybridized carbons (Fsp3) is 0. The zero-order valence-corrected chi connectivity index (χ0v) is 10.6. The highest BCUT2D eigenvalue weighted by Crippen LogP contribution is 2.03. The molecule has 18 heavy (non-hydrogen) atoms. The van der Waals surface area contributed by atoms with E-state index in [1.807, 2.05) is 0 Å². The minimum absolute atomic E-state index is 0.403. The van der Waals surface area contributed by atoms with Gasteiger partial charge in [0.15, 0.2) is 12.6 Å². The summed E-state index contributed by atoms with van der Waals surface area (Å²) < 4.78 is 0. The number of pyridine rings is 2. The van der Waals surface area contributed by atoms with Gasteiger partial charge in [-0.15, -0.1) is 0 Å². The molecule has 0 bridgehead atoms. The van der Waals surface area contributed by atoms with Gasteiger partial charge >= 0.3 is 0 Å². The molecule has 0 atom stereocenters. The largest absolute Gasteiger partial charge is 0.298 e. The lowest BCUT2D eigenvalue weighted by Gasteiger charge is -1.86. The van der Waals surface area contributed by atoms with Gasteiger partial charge in [0.1, 0.15) is 10.3 Å². The van der Waals surface area contributed by atoms with Crippen LogP contribution in [0.1, 0.15) is 20.7 Å². The third kappa shape index (κ3) is 5.03. The summed E-state index contributed by atoms with van der Waals surface area (Å²) in [5.74, 6) is 0. The molecule has 0 aromatic carbocycles. The van der Waals surface area contributed by atoms with E-state index in [2.05, 4.69) is 9.97 Å². The molecule has 0 saturated heterocycles. The molecule has 4 nitrogen and oxygen atoms in total. The Morgan fingerprint density at radius 3 is 1.39 bits per heavy atom. The lowest BCUT2D eigenvalue weighted by Crippen LogP contribution is -1.79. The van der Waals surface area contributed by atoms with Crippen LogP contribution in [0.5, 0.6) is 0 Å². The number of hydrogen-bond acceptors (Lipinski definition) is 4. The topological polar surface area (TPSA) is 59.9 Å². The molecule has 0 aliphatic rings. The van der Waals surface area contributed by atoms with Gasteiger partial charge in [0.25, 0.3) is 0 Å². The molecular weight excluding hydrogens is 275 g/mol. The second-order valence-corrected chi connectivity index (χ2v) is 3.84. The molecule has 0 N–H and O–H groups in total. The van der Waals surface area contributed by atoms with E-state index in [9.17, 15) is 9.59 Å². The molecular formula is C12H8Cl2N2O2. The minimum Gasteiger partial charge on any atom is -0.298 e. The van der Waals surface area contributed by atoms with Crippen LogP contribution in [-0.4, -0.2) is 22.5 Å². The maximum atomic E-state index is 10.0. The molecule has 2 aromatic rings. The summed E-state index contributed by atoms with van der Waals surface area (Å²) in [7, 11) is 0. The van der Waals surface area contributed by atoms with Crippen molar-refractivity contribution in [2.75, 3.05) is 0 Å². The van der Waals surface area contributed by atoms with Crippen molar-refractivity contribution < 1.29 is 9.59 Å².